The van der Waals surface area contributed by atoms with E-state index in [-0.39, 0.29) is 5.91 Å². The minimum absolute atomic E-state index is 0.197. The molecule has 13 heavy (non-hydrogen) atoms. The SMILES string of the molecule is CC1CCCC1NC1CNC(=O)C1. The summed E-state index contributed by atoms with van der Waals surface area (Å²) in [7, 11) is 0. The Balaban J connectivity index is 1.80. The summed E-state index contributed by atoms with van der Waals surface area (Å²) in [5.74, 6) is 0.985. The smallest absolute Gasteiger partial charge is 0.221 e. The summed E-state index contributed by atoms with van der Waals surface area (Å²) in [5.41, 5.74) is 0. The van der Waals surface area contributed by atoms with Gasteiger partial charge in [0, 0.05) is 25.0 Å². The lowest BCUT2D eigenvalue weighted by atomic mass is 10.1. The third-order valence-electron chi connectivity index (χ3n) is 3.29. The summed E-state index contributed by atoms with van der Waals surface area (Å²) in [6, 6.07) is 1.04. The first-order valence-electron chi connectivity index (χ1n) is 5.28. The number of hydrogen-bond donors (Lipinski definition) is 2. The van der Waals surface area contributed by atoms with E-state index in [4.69, 9.17) is 0 Å². The molecule has 0 aromatic heterocycles. The molecule has 2 N–H and O–H groups in total. The van der Waals surface area contributed by atoms with Crippen LogP contribution in [0.15, 0.2) is 0 Å². The molecule has 1 heterocycles. The van der Waals surface area contributed by atoms with Crippen LogP contribution in [0.4, 0.5) is 0 Å². The van der Waals surface area contributed by atoms with Crippen LogP contribution in [-0.4, -0.2) is 24.5 Å². The monoisotopic (exact) mass is 182 g/mol. The summed E-state index contributed by atoms with van der Waals surface area (Å²) < 4.78 is 0. The molecule has 1 aliphatic heterocycles. The largest absolute Gasteiger partial charge is 0.354 e. The van der Waals surface area contributed by atoms with E-state index in [0.717, 1.165) is 12.5 Å². The lowest BCUT2D eigenvalue weighted by Crippen LogP contribution is -2.40. The van der Waals surface area contributed by atoms with E-state index in [2.05, 4.69) is 17.6 Å². The third-order valence-corrected chi connectivity index (χ3v) is 3.29. The number of hydrogen-bond acceptors (Lipinski definition) is 2. The van der Waals surface area contributed by atoms with E-state index < -0.39 is 0 Å². The van der Waals surface area contributed by atoms with Crippen LogP contribution < -0.4 is 10.6 Å². The predicted molar refractivity (Wildman–Crippen MR) is 51.4 cm³/mol. The Morgan fingerprint density at radius 2 is 2.31 bits per heavy atom. The predicted octanol–water partition coefficient (Wildman–Crippen LogP) is 0.653. The fourth-order valence-corrected chi connectivity index (χ4v) is 2.42. The Bertz CT molecular complexity index is 205. The van der Waals surface area contributed by atoms with Gasteiger partial charge in [-0.2, -0.15) is 0 Å². The third kappa shape index (κ3) is 2.02. The average Bonchev–Trinajstić information content (AvgIpc) is 2.64. The molecule has 1 saturated heterocycles. The molecule has 2 rings (SSSR count). The maximum Gasteiger partial charge on any atom is 0.221 e. The molecule has 0 aromatic rings. The molecule has 74 valence electrons. The summed E-state index contributed by atoms with van der Waals surface area (Å²) in [6.45, 7) is 3.12. The van der Waals surface area contributed by atoms with E-state index in [0.29, 0.717) is 18.5 Å². The average molecular weight is 182 g/mol. The molecule has 3 heteroatoms. The Hall–Kier alpha value is -0.570. The summed E-state index contributed by atoms with van der Waals surface area (Å²) in [5, 5.41) is 6.43. The van der Waals surface area contributed by atoms with Crippen LogP contribution in [0, 0.1) is 5.92 Å². The molecule has 0 bridgehead atoms. The Labute approximate surface area is 79.3 Å². The normalized spacial score (nSPS) is 39.5. The van der Waals surface area contributed by atoms with Crippen LogP contribution in [0.5, 0.6) is 0 Å². The van der Waals surface area contributed by atoms with Gasteiger partial charge >= 0.3 is 0 Å². The van der Waals surface area contributed by atoms with E-state index in [9.17, 15) is 4.79 Å². The Morgan fingerprint density at radius 1 is 1.46 bits per heavy atom. The van der Waals surface area contributed by atoms with Crippen molar-refractivity contribution in [3.8, 4) is 0 Å². The van der Waals surface area contributed by atoms with Crippen LogP contribution in [0.3, 0.4) is 0 Å². The van der Waals surface area contributed by atoms with Gasteiger partial charge in [-0.1, -0.05) is 13.3 Å². The number of amides is 1. The summed E-state index contributed by atoms with van der Waals surface area (Å²) in [4.78, 5) is 11.0. The molecule has 1 amide bonds. The second-order valence-corrected chi connectivity index (χ2v) is 4.39. The summed E-state index contributed by atoms with van der Waals surface area (Å²) >= 11 is 0. The second-order valence-electron chi connectivity index (χ2n) is 4.39. The molecule has 0 spiro atoms. The maximum atomic E-state index is 11.0. The molecule has 2 aliphatic rings. The van der Waals surface area contributed by atoms with Gasteiger partial charge in [-0.15, -0.1) is 0 Å². The van der Waals surface area contributed by atoms with Crippen LogP contribution in [-0.2, 0) is 4.79 Å². The fraction of sp³-hybridized carbons (Fsp3) is 0.900. The topological polar surface area (TPSA) is 41.1 Å². The number of carbonyl (C=O) groups excluding carboxylic acids is 1. The molecule has 1 saturated carbocycles. The van der Waals surface area contributed by atoms with Gasteiger partial charge in [0.1, 0.15) is 0 Å². The zero-order chi connectivity index (χ0) is 9.26. The van der Waals surface area contributed by atoms with Crippen molar-refractivity contribution in [2.75, 3.05) is 6.54 Å². The zero-order valence-electron chi connectivity index (χ0n) is 8.18. The van der Waals surface area contributed by atoms with Crippen molar-refractivity contribution in [3.63, 3.8) is 0 Å². The highest BCUT2D eigenvalue weighted by atomic mass is 16.1. The number of carbonyl (C=O) groups is 1. The molecule has 0 radical (unpaired) electrons. The van der Waals surface area contributed by atoms with Crippen molar-refractivity contribution in [2.24, 2.45) is 5.92 Å². The van der Waals surface area contributed by atoms with Crippen LogP contribution in [0.25, 0.3) is 0 Å². The van der Waals surface area contributed by atoms with Gasteiger partial charge in [0.25, 0.3) is 0 Å². The van der Waals surface area contributed by atoms with E-state index in [1.165, 1.54) is 19.3 Å². The van der Waals surface area contributed by atoms with Gasteiger partial charge in [0.2, 0.25) is 5.91 Å². The van der Waals surface area contributed by atoms with Gasteiger partial charge in [-0.05, 0) is 18.8 Å². The van der Waals surface area contributed by atoms with E-state index in [1.807, 2.05) is 0 Å². The van der Waals surface area contributed by atoms with Crippen molar-refractivity contribution < 1.29 is 4.79 Å². The molecule has 3 unspecified atom stereocenters. The second kappa shape index (κ2) is 3.66. The molecule has 2 fully saturated rings. The lowest BCUT2D eigenvalue weighted by Gasteiger charge is -2.21. The van der Waals surface area contributed by atoms with Gasteiger partial charge < -0.3 is 10.6 Å². The van der Waals surface area contributed by atoms with Crippen LogP contribution >= 0.6 is 0 Å². The molecule has 0 aromatic carbocycles. The molecular formula is C10H18N2O. The number of rotatable bonds is 2. The molecule has 3 atom stereocenters. The zero-order valence-corrected chi connectivity index (χ0v) is 8.18. The highest BCUT2D eigenvalue weighted by molar-refractivity contribution is 5.78. The van der Waals surface area contributed by atoms with Crippen molar-refractivity contribution in [2.45, 2.75) is 44.7 Å². The van der Waals surface area contributed by atoms with Gasteiger partial charge in [-0.3, -0.25) is 4.79 Å². The molecular weight excluding hydrogens is 164 g/mol. The number of nitrogens with one attached hydrogen (secondary N) is 2. The Kier molecular flexibility index (Phi) is 2.54. The lowest BCUT2D eigenvalue weighted by molar-refractivity contribution is -0.119. The summed E-state index contributed by atoms with van der Waals surface area (Å²) in [6.07, 6.45) is 4.63. The first-order chi connectivity index (χ1) is 6.25. The van der Waals surface area contributed by atoms with Crippen molar-refractivity contribution in [1.82, 2.24) is 10.6 Å². The first kappa shape index (κ1) is 9.00. The van der Waals surface area contributed by atoms with Crippen molar-refractivity contribution >= 4 is 5.91 Å². The minimum Gasteiger partial charge on any atom is -0.354 e. The quantitative estimate of drug-likeness (QED) is 0.658. The van der Waals surface area contributed by atoms with Crippen molar-refractivity contribution in [1.29, 1.82) is 0 Å². The fourth-order valence-electron chi connectivity index (χ4n) is 2.42. The highest BCUT2D eigenvalue weighted by Crippen LogP contribution is 2.25. The highest BCUT2D eigenvalue weighted by Gasteiger charge is 2.28. The van der Waals surface area contributed by atoms with Gasteiger partial charge in [0.15, 0.2) is 0 Å². The maximum absolute atomic E-state index is 11.0. The standard InChI is InChI=1S/C10H18N2O/c1-7-3-2-4-9(7)12-8-5-10(13)11-6-8/h7-9,12H,2-6H2,1H3,(H,11,13). The van der Waals surface area contributed by atoms with Crippen LogP contribution in [0.2, 0.25) is 0 Å². The van der Waals surface area contributed by atoms with Gasteiger partial charge in [0.05, 0.1) is 0 Å². The molecule has 3 nitrogen and oxygen atoms in total. The van der Waals surface area contributed by atoms with E-state index in [1.54, 1.807) is 0 Å². The molecule has 1 aliphatic carbocycles. The Morgan fingerprint density at radius 3 is 2.85 bits per heavy atom. The van der Waals surface area contributed by atoms with Crippen LogP contribution in [0.1, 0.15) is 32.6 Å². The minimum atomic E-state index is 0.197. The van der Waals surface area contributed by atoms with Gasteiger partial charge in [-0.25, -0.2) is 0 Å². The van der Waals surface area contributed by atoms with Crippen molar-refractivity contribution in [3.05, 3.63) is 0 Å². The first-order valence-corrected chi connectivity index (χ1v) is 5.28. The van der Waals surface area contributed by atoms with E-state index >= 15 is 0 Å².